The number of aryl methyl sites for hydroxylation is 2. The van der Waals surface area contributed by atoms with Gasteiger partial charge in [0.1, 0.15) is 0 Å². The summed E-state index contributed by atoms with van der Waals surface area (Å²) in [5.41, 5.74) is 2.79. The van der Waals surface area contributed by atoms with Crippen LogP contribution >= 0.6 is 0 Å². The number of carbonyl (C=O) groups is 1. The minimum absolute atomic E-state index is 0.137. The van der Waals surface area contributed by atoms with Crippen LogP contribution in [0.15, 0.2) is 47.4 Å². The normalized spacial score (nSPS) is 15.0. The molecule has 3 rings (SSSR count). The van der Waals surface area contributed by atoms with Crippen molar-refractivity contribution in [1.82, 2.24) is 5.32 Å². The maximum atomic E-state index is 12.7. The third-order valence-electron chi connectivity index (χ3n) is 4.83. The van der Waals surface area contributed by atoms with E-state index in [-0.39, 0.29) is 16.8 Å². The van der Waals surface area contributed by atoms with Crippen LogP contribution in [-0.2, 0) is 10.0 Å². The van der Waals surface area contributed by atoms with E-state index >= 15 is 0 Å². The summed E-state index contributed by atoms with van der Waals surface area (Å²) in [6.45, 7) is 3.72. The largest absolute Gasteiger partial charge is 0.349 e. The molecule has 0 bridgehead atoms. The molecule has 0 unspecified atom stereocenters. The van der Waals surface area contributed by atoms with Crippen LogP contribution in [0.25, 0.3) is 0 Å². The molecule has 0 saturated heterocycles. The van der Waals surface area contributed by atoms with Crippen LogP contribution in [0.5, 0.6) is 0 Å². The summed E-state index contributed by atoms with van der Waals surface area (Å²) >= 11 is 0. The van der Waals surface area contributed by atoms with Crippen LogP contribution in [0, 0.1) is 13.8 Å². The summed E-state index contributed by atoms with van der Waals surface area (Å²) < 4.78 is 28.0. The Morgan fingerprint density at radius 1 is 0.962 bits per heavy atom. The number of carbonyl (C=O) groups excluding carboxylic acids is 1. The Bertz CT molecular complexity index is 879. The lowest BCUT2D eigenvalue weighted by Crippen LogP contribution is -2.32. The number of sulfonamides is 1. The molecule has 2 aromatic carbocycles. The first-order valence-corrected chi connectivity index (χ1v) is 10.3. The zero-order valence-corrected chi connectivity index (χ0v) is 15.9. The van der Waals surface area contributed by atoms with Gasteiger partial charge in [-0.2, -0.15) is 0 Å². The molecule has 1 amide bonds. The minimum atomic E-state index is -3.70. The molecule has 1 saturated carbocycles. The molecule has 26 heavy (non-hydrogen) atoms. The lowest BCUT2D eigenvalue weighted by atomic mass is 10.1. The Kier molecular flexibility index (Phi) is 5.32. The Labute approximate surface area is 154 Å². The van der Waals surface area contributed by atoms with Crippen LogP contribution in [0.3, 0.4) is 0 Å². The van der Waals surface area contributed by atoms with Crippen LogP contribution in [0.2, 0.25) is 0 Å². The van der Waals surface area contributed by atoms with Crippen LogP contribution < -0.4 is 10.0 Å². The number of rotatable bonds is 5. The summed E-state index contributed by atoms with van der Waals surface area (Å²) in [5.74, 6) is -0.149. The van der Waals surface area contributed by atoms with Gasteiger partial charge in [-0.1, -0.05) is 31.0 Å². The highest BCUT2D eigenvalue weighted by atomic mass is 32.2. The Balaban J connectivity index is 1.75. The average Bonchev–Trinajstić information content (AvgIpc) is 3.11. The summed E-state index contributed by atoms with van der Waals surface area (Å²) in [7, 11) is -3.70. The van der Waals surface area contributed by atoms with Gasteiger partial charge < -0.3 is 5.32 Å². The van der Waals surface area contributed by atoms with E-state index in [0.29, 0.717) is 11.3 Å². The second kappa shape index (κ2) is 7.50. The average molecular weight is 372 g/mol. The van der Waals surface area contributed by atoms with Crippen molar-refractivity contribution in [2.75, 3.05) is 4.72 Å². The number of amides is 1. The van der Waals surface area contributed by atoms with Gasteiger partial charge in [-0.05, 0) is 62.1 Å². The number of anilines is 1. The van der Waals surface area contributed by atoms with Crippen molar-refractivity contribution >= 4 is 21.6 Å². The Hall–Kier alpha value is -2.34. The van der Waals surface area contributed by atoms with Gasteiger partial charge in [0.05, 0.1) is 10.6 Å². The first-order chi connectivity index (χ1) is 12.4. The summed E-state index contributed by atoms with van der Waals surface area (Å²) in [6.07, 6.45) is 4.31. The van der Waals surface area contributed by atoms with Crippen molar-refractivity contribution in [3.63, 3.8) is 0 Å². The highest BCUT2D eigenvalue weighted by Gasteiger charge is 2.20. The summed E-state index contributed by atoms with van der Waals surface area (Å²) in [5, 5.41) is 3.00. The Morgan fingerprint density at radius 2 is 1.54 bits per heavy atom. The molecule has 5 nitrogen and oxygen atoms in total. The quantitative estimate of drug-likeness (QED) is 0.839. The molecular formula is C20H24N2O3S. The van der Waals surface area contributed by atoms with Crippen LogP contribution in [0.1, 0.15) is 47.2 Å². The van der Waals surface area contributed by atoms with E-state index in [4.69, 9.17) is 0 Å². The highest BCUT2D eigenvalue weighted by Crippen LogP contribution is 2.24. The third-order valence-corrected chi connectivity index (χ3v) is 6.20. The van der Waals surface area contributed by atoms with Crippen LogP contribution in [-0.4, -0.2) is 20.4 Å². The number of nitrogens with one attached hydrogen (secondary N) is 2. The van der Waals surface area contributed by atoms with Crippen molar-refractivity contribution in [2.45, 2.75) is 50.5 Å². The van der Waals surface area contributed by atoms with E-state index in [0.717, 1.165) is 36.8 Å². The van der Waals surface area contributed by atoms with Gasteiger partial charge in [0.2, 0.25) is 0 Å². The molecule has 2 aromatic rings. The second-order valence-electron chi connectivity index (χ2n) is 6.85. The monoisotopic (exact) mass is 372 g/mol. The fourth-order valence-corrected chi connectivity index (χ4v) is 4.50. The van der Waals surface area contributed by atoms with E-state index in [1.54, 1.807) is 12.1 Å². The van der Waals surface area contributed by atoms with Crippen molar-refractivity contribution in [3.05, 3.63) is 59.2 Å². The van der Waals surface area contributed by atoms with Crippen molar-refractivity contribution in [1.29, 1.82) is 0 Å². The van der Waals surface area contributed by atoms with Gasteiger partial charge >= 0.3 is 0 Å². The van der Waals surface area contributed by atoms with E-state index in [1.807, 2.05) is 32.0 Å². The Morgan fingerprint density at radius 3 is 2.12 bits per heavy atom. The first kappa shape index (κ1) is 18.5. The van der Waals surface area contributed by atoms with Gasteiger partial charge in [-0.15, -0.1) is 0 Å². The number of hydrogen-bond donors (Lipinski definition) is 2. The van der Waals surface area contributed by atoms with Gasteiger partial charge in [0, 0.05) is 11.6 Å². The second-order valence-corrected chi connectivity index (χ2v) is 8.53. The molecule has 6 heteroatoms. The number of para-hydroxylation sites is 1. The third kappa shape index (κ3) is 4.07. The van der Waals surface area contributed by atoms with Gasteiger partial charge in [-0.3, -0.25) is 9.52 Å². The maximum absolute atomic E-state index is 12.7. The standard InChI is InChI=1S/C20H24N2O3S/c1-14-6-5-7-15(2)19(14)22-26(24,25)18-12-10-16(11-13-18)20(23)21-17-8-3-4-9-17/h5-7,10-13,17,22H,3-4,8-9H2,1-2H3,(H,21,23). The molecular weight excluding hydrogens is 348 g/mol. The van der Waals surface area contributed by atoms with Crippen molar-refractivity contribution < 1.29 is 13.2 Å². The lowest BCUT2D eigenvalue weighted by Gasteiger charge is -2.14. The molecule has 0 aliphatic heterocycles. The van der Waals surface area contributed by atoms with Crippen LogP contribution in [0.4, 0.5) is 5.69 Å². The van der Waals surface area contributed by atoms with E-state index in [1.165, 1.54) is 12.1 Å². The fourth-order valence-electron chi connectivity index (χ4n) is 3.29. The SMILES string of the molecule is Cc1cccc(C)c1NS(=O)(=O)c1ccc(C(=O)NC2CCCC2)cc1. The molecule has 1 aliphatic rings. The molecule has 1 fully saturated rings. The zero-order chi connectivity index (χ0) is 18.7. The smallest absolute Gasteiger partial charge is 0.261 e. The minimum Gasteiger partial charge on any atom is -0.349 e. The van der Waals surface area contributed by atoms with Gasteiger partial charge in [0.15, 0.2) is 0 Å². The molecule has 0 atom stereocenters. The topological polar surface area (TPSA) is 75.3 Å². The highest BCUT2D eigenvalue weighted by molar-refractivity contribution is 7.92. The van der Waals surface area contributed by atoms with Crippen molar-refractivity contribution in [2.24, 2.45) is 0 Å². The van der Waals surface area contributed by atoms with E-state index in [9.17, 15) is 13.2 Å². The summed E-state index contributed by atoms with van der Waals surface area (Å²) in [4.78, 5) is 12.4. The number of benzene rings is 2. The molecule has 138 valence electrons. The zero-order valence-electron chi connectivity index (χ0n) is 15.1. The maximum Gasteiger partial charge on any atom is 0.261 e. The van der Waals surface area contributed by atoms with Gasteiger partial charge in [-0.25, -0.2) is 8.42 Å². The molecule has 0 aromatic heterocycles. The fraction of sp³-hybridized carbons (Fsp3) is 0.350. The first-order valence-electron chi connectivity index (χ1n) is 8.87. The van der Waals surface area contributed by atoms with E-state index in [2.05, 4.69) is 10.0 Å². The number of hydrogen-bond acceptors (Lipinski definition) is 3. The molecule has 2 N–H and O–H groups in total. The van der Waals surface area contributed by atoms with Gasteiger partial charge in [0.25, 0.3) is 15.9 Å². The molecule has 0 radical (unpaired) electrons. The lowest BCUT2D eigenvalue weighted by molar-refractivity contribution is 0.0938. The summed E-state index contributed by atoms with van der Waals surface area (Å²) in [6, 6.07) is 11.9. The van der Waals surface area contributed by atoms with E-state index < -0.39 is 10.0 Å². The predicted molar refractivity (Wildman–Crippen MR) is 103 cm³/mol. The molecule has 0 spiro atoms. The molecule has 1 aliphatic carbocycles. The van der Waals surface area contributed by atoms with Crippen molar-refractivity contribution in [3.8, 4) is 0 Å². The predicted octanol–water partition coefficient (Wildman–Crippen LogP) is 3.78. The molecule has 0 heterocycles.